The summed E-state index contributed by atoms with van der Waals surface area (Å²) in [5.41, 5.74) is 1.43. The van der Waals surface area contributed by atoms with Crippen molar-refractivity contribution in [2.45, 2.75) is 38.3 Å². The highest BCUT2D eigenvalue weighted by Crippen LogP contribution is 2.23. The van der Waals surface area contributed by atoms with Gasteiger partial charge in [-0.15, -0.1) is 0 Å². The van der Waals surface area contributed by atoms with Crippen molar-refractivity contribution in [3.8, 4) is 0 Å². The molecule has 0 saturated carbocycles. The molecule has 5 heteroatoms. The fraction of sp³-hybridized carbons (Fsp3) is 0.400. The molecular formula is C15H17NO4. The molecule has 1 fully saturated rings. The third-order valence-corrected chi connectivity index (χ3v) is 3.30. The number of Topliss-reactive ketones (excluding diaryl/α,β-unsaturated/α-hetero) is 1. The van der Waals surface area contributed by atoms with Gasteiger partial charge in [0.1, 0.15) is 18.2 Å². The van der Waals surface area contributed by atoms with Gasteiger partial charge in [-0.2, -0.15) is 0 Å². The number of nitrogens with one attached hydrogen (secondary N) is 1. The number of esters is 1. The second-order valence-electron chi connectivity index (χ2n) is 4.96. The van der Waals surface area contributed by atoms with E-state index in [2.05, 4.69) is 5.32 Å². The molecule has 1 N–H and O–H groups in total. The third kappa shape index (κ3) is 3.66. The van der Waals surface area contributed by atoms with Crippen LogP contribution >= 0.6 is 0 Å². The summed E-state index contributed by atoms with van der Waals surface area (Å²) < 4.78 is 5.23. The first kappa shape index (κ1) is 14.2. The Morgan fingerprint density at radius 1 is 1.40 bits per heavy atom. The zero-order chi connectivity index (χ0) is 14.5. The minimum Gasteiger partial charge on any atom is -0.460 e. The molecule has 1 aromatic carbocycles. The van der Waals surface area contributed by atoms with Crippen LogP contribution in [0.4, 0.5) is 5.69 Å². The van der Waals surface area contributed by atoms with Gasteiger partial charge in [0.25, 0.3) is 0 Å². The third-order valence-electron chi connectivity index (χ3n) is 3.30. The van der Waals surface area contributed by atoms with Crippen molar-refractivity contribution in [3.05, 3.63) is 29.8 Å². The van der Waals surface area contributed by atoms with Crippen molar-refractivity contribution in [2.24, 2.45) is 0 Å². The van der Waals surface area contributed by atoms with E-state index < -0.39 is 0 Å². The van der Waals surface area contributed by atoms with E-state index in [1.165, 1.54) is 6.92 Å². The first-order valence-electron chi connectivity index (χ1n) is 6.59. The summed E-state index contributed by atoms with van der Waals surface area (Å²) in [5, 5.41) is 3.22. The van der Waals surface area contributed by atoms with Gasteiger partial charge >= 0.3 is 5.97 Å². The summed E-state index contributed by atoms with van der Waals surface area (Å²) in [6.07, 6.45) is 1.72. The van der Waals surface area contributed by atoms with Gasteiger partial charge in [-0.25, -0.2) is 0 Å². The second kappa shape index (κ2) is 6.32. The number of hydrogen-bond donors (Lipinski definition) is 1. The molecule has 1 aliphatic rings. The van der Waals surface area contributed by atoms with Crippen LogP contribution < -0.4 is 5.32 Å². The molecule has 1 aliphatic heterocycles. The van der Waals surface area contributed by atoms with E-state index >= 15 is 0 Å². The Hall–Kier alpha value is -2.17. The summed E-state index contributed by atoms with van der Waals surface area (Å²) in [5.74, 6) is -0.164. The van der Waals surface area contributed by atoms with Crippen LogP contribution in [0.5, 0.6) is 0 Å². The minimum atomic E-state index is -0.280. The smallest absolute Gasteiger partial charge is 0.308 e. The average molecular weight is 275 g/mol. The van der Waals surface area contributed by atoms with Crippen molar-refractivity contribution >= 4 is 23.7 Å². The molecule has 1 heterocycles. The molecule has 0 aliphatic carbocycles. The molecule has 0 spiro atoms. The summed E-state index contributed by atoms with van der Waals surface area (Å²) in [7, 11) is 0. The number of benzene rings is 1. The van der Waals surface area contributed by atoms with Gasteiger partial charge in [0.2, 0.25) is 0 Å². The van der Waals surface area contributed by atoms with Crippen LogP contribution in [0.1, 0.15) is 36.5 Å². The van der Waals surface area contributed by atoms with Crippen LogP contribution in [0.15, 0.2) is 24.3 Å². The number of hydrogen-bond acceptors (Lipinski definition) is 5. The Bertz CT molecular complexity index is 509. The lowest BCUT2D eigenvalue weighted by molar-refractivity contribution is -0.142. The van der Waals surface area contributed by atoms with Crippen LogP contribution in [0.2, 0.25) is 0 Å². The van der Waals surface area contributed by atoms with E-state index in [-0.39, 0.29) is 30.3 Å². The van der Waals surface area contributed by atoms with Gasteiger partial charge < -0.3 is 14.8 Å². The molecule has 2 atom stereocenters. The molecule has 1 aromatic rings. The molecule has 0 radical (unpaired) electrons. The maximum absolute atomic E-state index is 11.4. The summed E-state index contributed by atoms with van der Waals surface area (Å²) in [6.45, 7) is 1.53. The molecule has 106 valence electrons. The summed E-state index contributed by atoms with van der Waals surface area (Å²) >= 11 is 0. The van der Waals surface area contributed by atoms with Crippen molar-refractivity contribution in [2.75, 3.05) is 5.32 Å². The number of ether oxygens (including phenoxy) is 1. The van der Waals surface area contributed by atoms with Crippen LogP contribution in [-0.4, -0.2) is 30.2 Å². The highest BCUT2D eigenvalue weighted by atomic mass is 16.6. The lowest BCUT2D eigenvalue weighted by Gasteiger charge is -2.19. The lowest BCUT2D eigenvalue weighted by Crippen LogP contribution is -2.29. The van der Waals surface area contributed by atoms with Crippen LogP contribution in [0.3, 0.4) is 0 Å². The highest BCUT2D eigenvalue weighted by Gasteiger charge is 2.34. The van der Waals surface area contributed by atoms with E-state index in [1.54, 1.807) is 24.3 Å². The van der Waals surface area contributed by atoms with Crippen molar-refractivity contribution < 1.29 is 19.1 Å². The number of rotatable bonds is 6. The quantitative estimate of drug-likeness (QED) is 0.634. The lowest BCUT2D eigenvalue weighted by atomic mass is 10.0. The number of carbonyl (C=O) groups excluding carboxylic acids is 3. The average Bonchev–Trinajstić information content (AvgIpc) is 2.77. The van der Waals surface area contributed by atoms with Gasteiger partial charge in [0.05, 0.1) is 12.5 Å². The first-order chi connectivity index (χ1) is 9.58. The Balaban J connectivity index is 1.99. The Labute approximate surface area is 117 Å². The van der Waals surface area contributed by atoms with Gasteiger partial charge in [0.15, 0.2) is 0 Å². The predicted octanol–water partition coefficient (Wildman–Crippen LogP) is 1.96. The maximum Gasteiger partial charge on any atom is 0.308 e. The van der Waals surface area contributed by atoms with E-state index in [1.807, 2.05) is 0 Å². The minimum absolute atomic E-state index is 0.0852. The van der Waals surface area contributed by atoms with Gasteiger partial charge in [0, 0.05) is 17.7 Å². The molecule has 20 heavy (non-hydrogen) atoms. The van der Waals surface area contributed by atoms with Crippen molar-refractivity contribution in [1.82, 2.24) is 0 Å². The number of cyclic esters (lactones) is 1. The summed E-state index contributed by atoms with van der Waals surface area (Å²) in [6, 6.07) is 6.85. The van der Waals surface area contributed by atoms with Crippen molar-refractivity contribution in [3.63, 3.8) is 0 Å². The number of ketones is 1. The van der Waals surface area contributed by atoms with Crippen LogP contribution in [0.25, 0.3) is 0 Å². The Morgan fingerprint density at radius 2 is 2.10 bits per heavy atom. The zero-order valence-electron chi connectivity index (χ0n) is 11.3. The Kier molecular flexibility index (Phi) is 4.50. The molecule has 2 rings (SSSR count). The molecule has 0 aromatic heterocycles. The maximum atomic E-state index is 11.4. The SMILES string of the molecule is CC(=O)CC[C@H]1OC(=O)C[C@H]1Nc1ccc(C=O)cc1. The van der Waals surface area contributed by atoms with E-state index in [0.717, 1.165) is 12.0 Å². The molecule has 5 nitrogen and oxygen atoms in total. The monoisotopic (exact) mass is 275 g/mol. The molecule has 1 saturated heterocycles. The van der Waals surface area contributed by atoms with E-state index in [4.69, 9.17) is 4.74 Å². The second-order valence-corrected chi connectivity index (χ2v) is 4.96. The van der Waals surface area contributed by atoms with E-state index in [0.29, 0.717) is 18.4 Å². The van der Waals surface area contributed by atoms with Crippen LogP contribution in [0, 0.1) is 0 Å². The number of aldehydes is 1. The predicted molar refractivity (Wildman–Crippen MR) is 73.7 cm³/mol. The number of anilines is 1. The topological polar surface area (TPSA) is 72.5 Å². The fourth-order valence-electron chi connectivity index (χ4n) is 2.23. The summed E-state index contributed by atoms with van der Waals surface area (Å²) in [4.78, 5) is 33.0. The molecule has 0 unspecified atom stereocenters. The van der Waals surface area contributed by atoms with Crippen LogP contribution in [-0.2, 0) is 14.3 Å². The Morgan fingerprint density at radius 3 is 2.70 bits per heavy atom. The first-order valence-corrected chi connectivity index (χ1v) is 6.59. The normalized spacial score (nSPS) is 21.4. The van der Waals surface area contributed by atoms with Gasteiger partial charge in [-0.3, -0.25) is 9.59 Å². The molecule has 0 amide bonds. The van der Waals surface area contributed by atoms with Gasteiger partial charge in [-0.05, 0) is 37.6 Å². The number of carbonyl (C=O) groups is 3. The fourth-order valence-corrected chi connectivity index (χ4v) is 2.23. The standard InChI is InChI=1S/C15H17NO4/c1-10(18)2-7-14-13(8-15(19)20-14)16-12-5-3-11(9-17)4-6-12/h3-6,9,13-14,16H,2,7-8H2,1H3/t13-,14-/m1/s1. The largest absolute Gasteiger partial charge is 0.460 e. The molecule has 0 bridgehead atoms. The molecular weight excluding hydrogens is 258 g/mol. The van der Waals surface area contributed by atoms with Gasteiger partial charge in [-0.1, -0.05) is 0 Å². The zero-order valence-corrected chi connectivity index (χ0v) is 11.3. The van der Waals surface area contributed by atoms with Crippen molar-refractivity contribution in [1.29, 1.82) is 0 Å². The van der Waals surface area contributed by atoms with E-state index in [9.17, 15) is 14.4 Å². The highest BCUT2D eigenvalue weighted by molar-refractivity contribution is 5.77.